The molecule has 1 unspecified atom stereocenters. The maximum atomic E-state index is 12.9. The van der Waals surface area contributed by atoms with Gasteiger partial charge in [0.05, 0.1) is 17.9 Å². The highest BCUT2D eigenvalue weighted by Crippen LogP contribution is 2.23. The van der Waals surface area contributed by atoms with E-state index in [1.807, 2.05) is 89.7 Å². The zero-order valence-corrected chi connectivity index (χ0v) is 26.8. The molecule has 46 heavy (non-hydrogen) atoms. The number of nitrogens with zero attached hydrogens (tertiary/aromatic N) is 3. The van der Waals surface area contributed by atoms with Crippen molar-refractivity contribution in [3.63, 3.8) is 0 Å². The Balaban J connectivity index is 0.900. The van der Waals surface area contributed by atoms with Gasteiger partial charge >= 0.3 is 6.09 Å². The second-order valence-electron chi connectivity index (χ2n) is 10.8. The number of hydrogen-bond acceptors (Lipinski definition) is 8. The lowest BCUT2D eigenvalue weighted by Crippen LogP contribution is -2.31. The molecule has 3 aromatic carbocycles. The van der Waals surface area contributed by atoms with E-state index in [0.29, 0.717) is 18.7 Å². The molecule has 1 atom stereocenters. The molecule has 6 rings (SSSR count). The van der Waals surface area contributed by atoms with Gasteiger partial charge in [-0.2, -0.15) is 0 Å². The summed E-state index contributed by atoms with van der Waals surface area (Å²) in [4.78, 5) is 35.7. The van der Waals surface area contributed by atoms with Crippen LogP contribution in [0.4, 0.5) is 4.79 Å². The standard InChI is InChI=1S/C37H33N3O4S2/c41-36-33(44-37(42)40(36)23-30-25-45-34(38-30)21-17-27-9-3-1-4-10-27)14-8-7-13-29-15-19-32(20-16-29)43-24-31-26-46-35(39-31)22-18-28-11-5-2-6-12-28/h1-6,9-12,15-22,25-26,33H,7-8,13-14,23-24H2. The molecule has 7 nitrogen and oxygen atoms in total. The van der Waals surface area contributed by atoms with Crippen molar-refractivity contribution in [3.8, 4) is 5.75 Å². The zero-order chi connectivity index (χ0) is 31.6. The van der Waals surface area contributed by atoms with Crippen molar-refractivity contribution in [1.82, 2.24) is 14.9 Å². The third-order valence-corrected chi connectivity index (χ3v) is 9.11. The monoisotopic (exact) mass is 647 g/mol. The molecule has 232 valence electrons. The van der Waals surface area contributed by atoms with E-state index in [-0.39, 0.29) is 12.5 Å². The van der Waals surface area contributed by atoms with E-state index in [2.05, 4.69) is 40.3 Å². The summed E-state index contributed by atoms with van der Waals surface area (Å²) in [5.74, 6) is 0.501. The molecular weight excluding hydrogens is 615 g/mol. The Labute approximate surface area is 276 Å². The van der Waals surface area contributed by atoms with Gasteiger partial charge in [-0.15, -0.1) is 22.7 Å². The molecule has 5 aromatic rings. The molecule has 1 aliphatic heterocycles. The average Bonchev–Trinajstić information content (AvgIpc) is 3.82. The van der Waals surface area contributed by atoms with E-state index in [1.165, 1.54) is 16.9 Å². The Kier molecular flexibility index (Phi) is 10.4. The fourth-order valence-electron chi connectivity index (χ4n) is 4.96. The first-order valence-electron chi connectivity index (χ1n) is 15.2. The summed E-state index contributed by atoms with van der Waals surface area (Å²) in [6.07, 6.45) is 9.67. The lowest BCUT2D eigenvalue weighted by Gasteiger charge is -2.09. The largest absolute Gasteiger partial charge is 0.487 e. The number of hydrogen-bond donors (Lipinski definition) is 0. The van der Waals surface area contributed by atoms with Crippen LogP contribution < -0.4 is 4.74 Å². The van der Waals surface area contributed by atoms with Gasteiger partial charge in [-0.25, -0.2) is 19.7 Å². The Morgan fingerprint density at radius 2 is 1.35 bits per heavy atom. The van der Waals surface area contributed by atoms with Crippen molar-refractivity contribution < 1.29 is 19.1 Å². The number of cyclic esters (lactones) is 1. The predicted octanol–water partition coefficient (Wildman–Crippen LogP) is 8.78. The summed E-state index contributed by atoms with van der Waals surface area (Å²) in [7, 11) is 0. The summed E-state index contributed by atoms with van der Waals surface area (Å²) in [6, 6.07) is 28.2. The van der Waals surface area contributed by atoms with Crippen LogP contribution in [0.25, 0.3) is 24.3 Å². The molecule has 1 aliphatic rings. The minimum absolute atomic E-state index is 0.118. The Morgan fingerprint density at radius 1 is 0.739 bits per heavy atom. The highest BCUT2D eigenvalue weighted by molar-refractivity contribution is 7.10. The number of carbonyl (C=O) groups excluding carboxylic acids is 2. The number of rotatable bonds is 14. The van der Waals surface area contributed by atoms with Crippen molar-refractivity contribution in [3.05, 3.63) is 134 Å². The quantitative estimate of drug-likeness (QED) is 0.112. The van der Waals surface area contributed by atoms with Crippen LogP contribution in [-0.4, -0.2) is 33.0 Å². The summed E-state index contributed by atoms with van der Waals surface area (Å²) in [5, 5.41) is 5.65. The highest BCUT2D eigenvalue weighted by Gasteiger charge is 2.40. The first-order chi connectivity index (χ1) is 22.6. The second kappa shape index (κ2) is 15.4. The fraction of sp³-hybridized carbons (Fsp3) is 0.189. The first-order valence-corrected chi connectivity index (χ1v) is 16.9. The number of imide groups is 1. The predicted molar refractivity (Wildman–Crippen MR) is 184 cm³/mol. The van der Waals surface area contributed by atoms with E-state index < -0.39 is 12.2 Å². The van der Waals surface area contributed by atoms with Crippen molar-refractivity contribution in [2.24, 2.45) is 0 Å². The third-order valence-electron chi connectivity index (χ3n) is 7.39. The van der Waals surface area contributed by atoms with Crippen molar-refractivity contribution >= 4 is 59.0 Å². The van der Waals surface area contributed by atoms with Crippen molar-refractivity contribution in [2.45, 2.75) is 44.9 Å². The zero-order valence-electron chi connectivity index (χ0n) is 25.2. The smallest absolute Gasteiger partial charge is 0.417 e. The minimum Gasteiger partial charge on any atom is -0.487 e. The minimum atomic E-state index is -0.737. The molecule has 0 N–H and O–H groups in total. The van der Waals surface area contributed by atoms with Gasteiger partial charge in [0.15, 0.2) is 6.10 Å². The van der Waals surface area contributed by atoms with Crippen LogP contribution in [0.5, 0.6) is 5.75 Å². The summed E-state index contributed by atoms with van der Waals surface area (Å²) in [5.41, 5.74) is 4.98. The van der Waals surface area contributed by atoms with Gasteiger partial charge in [0.1, 0.15) is 22.4 Å². The number of aromatic nitrogens is 2. The average molecular weight is 648 g/mol. The molecule has 2 aromatic heterocycles. The maximum absolute atomic E-state index is 12.9. The second-order valence-corrected chi connectivity index (χ2v) is 12.6. The normalized spacial score (nSPS) is 14.9. The van der Waals surface area contributed by atoms with Gasteiger partial charge < -0.3 is 9.47 Å². The molecule has 2 amide bonds. The van der Waals surface area contributed by atoms with Crippen molar-refractivity contribution in [2.75, 3.05) is 0 Å². The van der Waals surface area contributed by atoms with Crippen molar-refractivity contribution in [1.29, 1.82) is 0 Å². The van der Waals surface area contributed by atoms with E-state index in [1.54, 1.807) is 11.3 Å². The van der Waals surface area contributed by atoms with Gasteiger partial charge in [0.2, 0.25) is 0 Å². The van der Waals surface area contributed by atoms with E-state index in [0.717, 1.165) is 56.7 Å². The van der Waals surface area contributed by atoms with Crippen LogP contribution >= 0.6 is 22.7 Å². The molecule has 0 aliphatic carbocycles. The van der Waals surface area contributed by atoms with Gasteiger partial charge in [0, 0.05) is 10.8 Å². The number of carbonyl (C=O) groups is 2. The topological polar surface area (TPSA) is 81.6 Å². The summed E-state index contributed by atoms with van der Waals surface area (Å²) < 4.78 is 11.4. The SMILES string of the molecule is O=C1OC(CCCCc2ccc(OCc3csc(C=Cc4ccccc4)n3)cc2)C(=O)N1Cc1csc(C=Cc2ccccc2)n1. The molecule has 0 bridgehead atoms. The number of ether oxygens (including phenoxy) is 2. The molecule has 9 heteroatoms. The third kappa shape index (κ3) is 8.65. The molecular formula is C37H33N3O4S2. The number of amides is 2. The number of aryl methyl sites for hydroxylation is 1. The van der Waals surface area contributed by atoms with Crippen LogP contribution in [0.2, 0.25) is 0 Å². The van der Waals surface area contributed by atoms with E-state index in [4.69, 9.17) is 9.47 Å². The van der Waals surface area contributed by atoms with E-state index in [9.17, 15) is 9.59 Å². The van der Waals surface area contributed by atoms with Crippen LogP contribution in [0.1, 0.15) is 57.4 Å². The number of benzene rings is 3. The fourth-order valence-corrected chi connectivity index (χ4v) is 6.35. The summed E-state index contributed by atoms with van der Waals surface area (Å²) in [6.45, 7) is 0.530. The highest BCUT2D eigenvalue weighted by atomic mass is 32.1. The molecule has 0 saturated carbocycles. The first kappa shape index (κ1) is 31.1. The molecule has 0 spiro atoms. The lowest BCUT2D eigenvalue weighted by molar-refractivity contribution is -0.130. The van der Waals surface area contributed by atoms with Crippen LogP contribution in [0.15, 0.2) is 95.7 Å². The van der Waals surface area contributed by atoms with Crippen LogP contribution in [0.3, 0.4) is 0 Å². The Hall–Kier alpha value is -4.86. The number of unbranched alkanes of at least 4 members (excludes halogenated alkanes) is 1. The summed E-state index contributed by atoms with van der Waals surface area (Å²) >= 11 is 3.07. The van der Waals surface area contributed by atoms with Gasteiger partial charge in [-0.3, -0.25) is 4.79 Å². The molecule has 3 heterocycles. The van der Waals surface area contributed by atoms with Gasteiger partial charge in [-0.1, -0.05) is 84.9 Å². The van der Waals surface area contributed by atoms with E-state index >= 15 is 0 Å². The molecule has 0 radical (unpaired) electrons. The van der Waals surface area contributed by atoms with Gasteiger partial charge in [-0.05, 0) is 66.7 Å². The molecule has 1 fully saturated rings. The Bertz CT molecular complexity index is 1800. The van der Waals surface area contributed by atoms with Gasteiger partial charge in [0.25, 0.3) is 5.91 Å². The molecule has 1 saturated heterocycles. The van der Waals surface area contributed by atoms with Crippen LogP contribution in [-0.2, 0) is 29.1 Å². The van der Waals surface area contributed by atoms with Crippen LogP contribution in [0, 0.1) is 0 Å². The Morgan fingerprint density at radius 3 is 2.00 bits per heavy atom. The maximum Gasteiger partial charge on any atom is 0.417 e. The number of thiazole rings is 2. The lowest BCUT2D eigenvalue weighted by atomic mass is 10.0.